The van der Waals surface area contributed by atoms with Crippen molar-refractivity contribution in [2.45, 2.75) is 19.2 Å². The third kappa shape index (κ3) is 6.07. The monoisotopic (exact) mass is 425 g/mol. The minimum absolute atomic E-state index is 0.115. The number of benzene rings is 2. The number of carbonyl (C=O) groups is 1. The van der Waals surface area contributed by atoms with E-state index in [9.17, 15) is 9.18 Å². The van der Waals surface area contributed by atoms with Crippen LogP contribution in [0.5, 0.6) is 0 Å². The summed E-state index contributed by atoms with van der Waals surface area (Å²) < 4.78 is 19.3. The molecule has 1 unspecified atom stereocenters. The zero-order chi connectivity index (χ0) is 19.9. The van der Waals surface area contributed by atoms with Crippen molar-refractivity contribution < 1.29 is 13.9 Å². The third-order valence-electron chi connectivity index (χ3n) is 4.50. The van der Waals surface area contributed by atoms with Crippen LogP contribution in [-0.2, 0) is 17.8 Å². The van der Waals surface area contributed by atoms with Gasteiger partial charge in [0.25, 0.3) is 0 Å². The fourth-order valence-electron chi connectivity index (χ4n) is 3.03. The lowest BCUT2D eigenvalue weighted by atomic mass is 10.2. The molecule has 5 nitrogen and oxygen atoms in total. The van der Waals surface area contributed by atoms with Gasteiger partial charge in [-0.25, -0.2) is 9.18 Å². The van der Waals surface area contributed by atoms with E-state index in [2.05, 4.69) is 15.5 Å². The molecule has 0 bridgehead atoms. The molecule has 8 heteroatoms. The van der Waals surface area contributed by atoms with Gasteiger partial charge in [0, 0.05) is 38.3 Å². The van der Waals surface area contributed by atoms with Gasteiger partial charge in [-0.1, -0.05) is 47.5 Å². The fourth-order valence-corrected chi connectivity index (χ4v) is 3.35. The number of carbonyl (C=O) groups excluding carboxylic acids is 1. The molecule has 1 aliphatic rings. The number of rotatable bonds is 6. The SMILES string of the molecule is O=C(NCc1ccccc1F)NCC1CN(Cc2ccc(Cl)c(Cl)c2)CCO1. The second kappa shape index (κ2) is 10.1. The molecule has 0 aliphatic carbocycles. The van der Waals surface area contributed by atoms with E-state index < -0.39 is 0 Å². The molecule has 0 spiro atoms. The summed E-state index contributed by atoms with van der Waals surface area (Å²) in [6.45, 7) is 3.32. The topological polar surface area (TPSA) is 53.6 Å². The molecule has 2 aromatic carbocycles. The largest absolute Gasteiger partial charge is 0.374 e. The molecule has 1 atom stereocenters. The predicted molar refractivity (Wildman–Crippen MR) is 108 cm³/mol. The highest BCUT2D eigenvalue weighted by Crippen LogP contribution is 2.23. The number of hydrogen-bond donors (Lipinski definition) is 2. The van der Waals surface area contributed by atoms with Gasteiger partial charge in [-0.15, -0.1) is 0 Å². The van der Waals surface area contributed by atoms with E-state index in [1.807, 2.05) is 12.1 Å². The Labute approximate surface area is 173 Å². The van der Waals surface area contributed by atoms with Crippen LogP contribution in [0.25, 0.3) is 0 Å². The van der Waals surface area contributed by atoms with Crippen LogP contribution < -0.4 is 10.6 Å². The van der Waals surface area contributed by atoms with E-state index >= 15 is 0 Å². The van der Waals surface area contributed by atoms with E-state index in [0.717, 1.165) is 18.7 Å². The van der Waals surface area contributed by atoms with Gasteiger partial charge < -0.3 is 15.4 Å². The van der Waals surface area contributed by atoms with Crippen LogP contribution in [0.3, 0.4) is 0 Å². The number of halogens is 3. The van der Waals surface area contributed by atoms with Crippen molar-refractivity contribution in [3.05, 3.63) is 69.5 Å². The maximum Gasteiger partial charge on any atom is 0.315 e. The minimum atomic E-state index is -0.353. The van der Waals surface area contributed by atoms with E-state index in [0.29, 0.717) is 35.3 Å². The fraction of sp³-hybridized carbons (Fsp3) is 0.350. The van der Waals surface area contributed by atoms with Gasteiger partial charge in [-0.2, -0.15) is 0 Å². The van der Waals surface area contributed by atoms with E-state index in [1.165, 1.54) is 6.07 Å². The first-order valence-corrected chi connectivity index (χ1v) is 9.80. The number of ether oxygens (including phenoxy) is 1. The first-order valence-electron chi connectivity index (χ1n) is 9.04. The Bertz CT molecular complexity index is 822. The standard InChI is InChI=1S/C20H22Cl2FN3O2/c21-17-6-5-14(9-18(17)22)12-26-7-8-28-16(13-26)11-25-20(27)24-10-15-3-1-2-4-19(15)23/h1-6,9,16H,7-8,10-13H2,(H2,24,25,27). The molecule has 0 saturated carbocycles. The Morgan fingerprint density at radius 2 is 2.00 bits per heavy atom. The first kappa shape index (κ1) is 20.9. The van der Waals surface area contributed by atoms with Gasteiger partial charge in [0.15, 0.2) is 0 Å². The van der Waals surface area contributed by atoms with Crippen molar-refractivity contribution in [1.29, 1.82) is 0 Å². The molecule has 3 rings (SSSR count). The van der Waals surface area contributed by atoms with Crippen LogP contribution in [0.15, 0.2) is 42.5 Å². The van der Waals surface area contributed by atoms with Crippen LogP contribution in [0.2, 0.25) is 10.0 Å². The molecular weight excluding hydrogens is 404 g/mol. The van der Waals surface area contributed by atoms with Gasteiger partial charge >= 0.3 is 6.03 Å². The average Bonchev–Trinajstić information content (AvgIpc) is 2.69. The van der Waals surface area contributed by atoms with E-state index in [4.69, 9.17) is 27.9 Å². The second-order valence-corrected chi connectivity index (χ2v) is 7.45. The summed E-state index contributed by atoms with van der Waals surface area (Å²) in [7, 11) is 0. The Balaban J connectivity index is 1.42. The van der Waals surface area contributed by atoms with Crippen molar-refractivity contribution in [1.82, 2.24) is 15.5 Å². The first-order chi connectivity index (χ1) is 13.5. The molecule has 28 heavy (non-hydrogen) atoms. The molecule has 150 valence electrons. The van der Waals surface area contributed by atoms with Crippen molar-refractivity contribution in [2.75, 3.05) is 26.2 Å². The quantitative estimate of drug-likeness (QED) is 0.739. The molecule has 2 amide bonds. The van der Waals surface area contributed by atoms with Crippen LogP contribution in [0.4, 0.5) is 9.18 Å². The number of hydrogen-bond acceptors (Lipinski definition) is 3. The Hall–Kier alpha value is -1.86. The van der Waals surface area contributed by atoms with Crippen molar-refractivity contribution >= 4 is 29.2 Å². The number of nitrogens with zero attached hydrogens (tertiary/aromatic N) is 1. The molecule has 0 radical (unpaired) electrons. The highest BCUT2D eigenvalue weighted by Gasteiger charge is 2.21. The molecular formula is C20H22Cl2FN3O2. The van der Waals surface area contributed by atoms with Crippen LogP contribution in [0.1, 0.15) is 11.1 Å². The average molecular weight is 426 g/mol. The molecule has 0 aromatic heterocycles. The Morgan fingerprint density at radius 1 is 1.18 bits per heavy atom. The van der Waals surface area contributed by atoms with Crippen molar-refractivity contribution in [2.24, 2.45) is 0 Å². The highest BCUT2D eigenvalue weighted by molar-refractivity contribution is 6.42. The van der Waals surface area contributed by atoms with Gasteiger partial charge in [0.2, 0.25) is 0 Å². The summed E-state index contributed by atoms with van der Waals surface area (Å²) in [6, 6.07) is 11.6. The van der Waals surface area contributed by atoms with E-state index in [-0.39, 0.29) is 24.5 Å². The molecule has 2 aromatic rings. The summed E-state index contributed by atoms with van der Waals surface area (Å²) >= 11 is 12.0. The zero-order valence-corrected chi connectivity index (χ0v) is 16.8. The second-order valence-electron chi connectivity index (χ2n) is 6.63. The predicted octanol–water partition coefficient (Wildman–Crippen LogP) is 3.83. The van der Waals surface area contributed by atoms with Gasteiger partial charge in [0.1, 0.15) is 5.82 Å². The van der Waals surface area contributed by atoms with Crippen molar-refractivity contribution in [3.63, 3.8) is 0 Å². The van der Waals surface area contributed by atoms with E-state index in [1.54, 1.807) is 24.3 Å². The van der Waals surface area contributed by atoms with Crippen LogP contribution >= 0.6 is 23.2 Å². The molecule has 1 heterocycles. The summed E-state index contributed by atoms with van der Waals surface area (Å²) in [6.07, 6.45) is -0.115. The zero-order valence-electron chi connectivity index (χ0n) is 15.3. The lowest BCUT2D eigenvalue weighted by molar-refractivity contribution is -0.0287. The molecule has 2 N–H and O–H groups in total. The maximum atomic E-state index is 13.6. The Kier molecular flexibility index (Phi) is 7.50. The maximum absolute atomic E-state index is 13.6. The number of amides is 2. The summed E-state index contributed by atoms with van der Waals surface area (Å²) in [5.41, 5.74) is 1.52. The Morgan fingerprint density at radius 3 is 2.79 bits per heavy atom. The number of nitrogens with one attached hydrogen (secondary N) is 2. The molecule has 1 fully saturated rings. The lowest BCUT2D eigenvalue weighted by Crippen LogP contribution is -2.48. The van der Waals surface area contributed by atoms with Crippen LogP contribution in [-0.4, -0.2) is 43.3 Å². The number of morpholine rings is 1. The summed E-state index contributed by atoms with van der Waals surface area (Å²) in [5, 5.41) is 6.51. The normalized spacial score (nSPS) is 17.3. The van der Waals surface area contributed by atoms with Gasteiger partial charge in [-0.05, 0) is 23.8 Å². The minimum Gasteiger partial charge on any atom is -0.374 e. The lowest BCUT2D eigenvalue weighted by Gasteiger charge is -2.33. The molecule has 1 saturated heterocycles. The van der Waals surface area contributed by atoms with Crippen LogP contribution in [0, 0.1) is 5.82 Å². The van der Waals surface area contributed by atoms with Gasteiger partial charge in [-0.3, -0.25) is 4.90 Å². The smallest absolute Gasteiger partial charge is 0.315 e. The highest BCUT2D eigenvalue weighted by atomic mass is 35.5. The molecule has 1 aliphatic heterocycles. The summed E-state index contributed by atoms with van der Waals surface area (Å²) in [5.74, 6) is -0.337. The summed E-state index contributed by atoms with van der Waals surface area (Å²) in [4.78, 5) is 14.2. The third-order valence-corrected chi connectivity index (χ3v) is 5.24. The number of urea groups is 1. The van der Waals surface area contributed by atoms with Gasteiger partial charge in [0.05, 0.1) is 22.8 Å². The van der Waals surface area contributed by atoms with Crippen molar-refractivity contribution in [3.8, 4) is 0 Å².